The minimum Gasteiger partial charge on any atom is -0.493 e. The number of benzene rings is 2. The van der Waals surface area contributed by atoms with Crippen LogP contribution in [0.5, 0.6) is 5.75 Å². The molecule has 0 saturated carbocycles. The Morgan fingerprint density at radius 3 is 2.76 bits per heavy atom. The second-order valence-corrected chi connectivity index (χ2v) is 6.20. The summed E-state index contributed by atoms with van der Waals surface area (Å²) in [6, 6.07) is 15.1. The van der Waals surface area contributed by atoms with Gasteiger partial charge in [0.1, 0.15) is 5.75 Å². The largest absolute Gasteiger partial charge is 0.493 e. The fraction of sp³-hybridized carbons (Fsp3) is 0.333. The molecule has 0 spiro atoms. The van der Waals surface area contributed by atoms with Gasteiger partial charge in [0.15, 0.2) is 0 Å². The average Bonchev–Trinajstić information content (AvgIpc) is 2.98. The number of halogens is 1. The van der Waals surface area contributed by atoms with Gasteiger partial charge in [-0.05, 0) is 30.2 Å². The van der Waals surface area contributed by atoms with E-state index in [9.17, 15) is 0 Å². The number of ether oxygens (including phenoxy) is 1. The lowest BCUT2D eigenvalue weighted by Crippen LogP contribution is -2.24. The van der Waals surface area contributed by atoms with Gasteiger partial charge in [0.05, 0.1) is 12.6 Å². The van der Waals surface area contributed by atoms with Gasteiger partial charge < -0.3 is 10.1 Å². The van der Waals surface area contributed by atoms with Gasteiger partial charge in [-0.1, -0.05) is 59.3 Å². The zero-order chi connectivity index (χ0) is 14.7. The predicted molar refractivity (Wildman–Crippen MR) is 89.9 cm³/mol. The number of hydrogen-bond acceptors (Lipinski definition) is 2. The van der Waals surface area contributed by atoms with Gasteiger partial charge in [0, 0.05) is 16.5 Å². The molecule has 110 valence electrons. The summed E-state index contributed by atoms with van der Waals surface area (Å²) in [5.41, 5.74) is 3.82. The SMILES string of the molecule is CCCNC(c1ccccc1Br)c1cccc2c1OCC2. The van der Waals surface area contributed by atoms with Gasteiger partial charge in [-0.3, -0.25) is 0 Å². The van der Waals surface area contributed by atoms with E-state index in [1.165, 1.54) is 16.7 Å². The summed E-state index contributed by atoms with van der Waals surface area (Å²) < 4.78 is 7.03. The quantitative estimate of drug-likeness (QED) is 0.862. The fourth-order valence-corrected chi connectivity index (χ4v) is 3.37. The lowest BCUT2D eigenvalue weighted by Gasteiger charge is -2.22. The van der Waals surface area contributed by atoms with E-state index in [0.29, 0.717) is 0 Å². The molecule has 1 aliphatic rings. The summed E-state index contributed by atoms with van der Waals surface area (Å²) in [6.07, 6.45) is 2.12. The van der Waals surface area contributed by atoms with Crippen molar-refractivity contribution in [1.82, 2.24) is 5.32 Å². The van der Waals surface area contributed by atoms with E-state index in [1.807, 2.05) is 0 Å². The lowest BCUT2D eigenvalue weighted by molar-refractivity contribution is 0.350. The van der Waals surface area contributed by atoms with Crippen LogP contribution in [-0.4, -0.2) is 13.2 Å². The van der Waals surface area contributed by atoms with Gasteiger partial charge in [-0.25, -0.2) is 0 Å². The van der Waals surface area contributed by atoms with Gasteiger partial charge >= 0.3 is 0 Å². The van der Waals surface area contributed by atoms with E-state index in [1.54, 1.807) is 0 Å². The molecule has 0 aromatic heterocycles. The maximum Gasteiger partial charge on any atom is 0.127 e. The first-order valence-corrected chi connectivity index (χ1v) is 8.33. The van der Waals surface area contributed by atoms with Crippen molar-refractivity contribution in [1.29, 1.82) is 0 Å². The van der Waals surface area contributed by atoms with Crippen LogP contribution in [0.3, 0.4) is 0 Å². The summed E-state index contributed by atoms with van der Waals surface area (Å²) in [5, 5.41) is 3.66. The average molecular weight is 346 g/mol. The van der Waals surface area contributed by atoms with Crippen molar-refractivity contribution in [3.05, 3.63) is 63.6 Å². The minimum atomic E-state index is 0.161. The Morgan fingerprint density at radius 2 is 1.95 bits per heavy atom. The van der Waals surface area contributed by atoms with E-state index < -0.39 is 0 Å². The van der Waals surface area contributed by atoms with Crippen molar-refractivity contribution < 1.29 is 4.74 Å². The van der Waals surface area contributed by atoms with Crippen LogP contribution >= 0.6 is 15.9 Å². The van der Waals surface area contributed by atoms with E-state index in [4.69, 9.17) is 4.74 Å². The predicted octanol–water partition coefficient (Wildman–Crippen LogP) is 4.47. The molecule has 21 heavy (non-hydrogen) atoms. The third-order valence-corrected chi connectivity index (χ3v) is 4.59. The van der Waals surface area contributed by atoms with Gasteiger partial charge in [0.2, 0.25) is 0 Å². The molecule has 1 heterocycles. The van der Waals surface area contributed by atoms with E-state index >= 15 is 0 Å². The molecule has 0 radical (unpaired) electrons. The van der Waals surface area contributed by atoms with Crippen LogP contribution in [0.25, 0.3) is 0 Å². The van der Waals surface area contributed by atoms with Crippen LogP contribution in [-0.2, 0) is 6.42 Å². The highest BCUT2D eigenvalue weighted by molar-refractivity contribution is 9.10. The molecular weight excluding hydrogens is 326 g/mol. The van der Waals surface area contributed by atoms with Crippen molar-refractivity contribution in [3.8, 4) is 5.75 Å². The summed E-state index contributed by atoms with van der Waals surface area (Å²) in [5.74, 6) is 1.07. The molecule has 0 amide bonds. The maximum absolute atomic E-state index is 5.90. The lowest BCUT2D eigenvalue weighted by atomic mass is 9.95. The zero-order valence-electron chi connectivity index (χ0n) is 12.2. The number of para-hydroxylation sites is 1. The Labute approximate surface area is 134 Å². The minimum absolute atomic E-state index is 0.161. The number of hydrogen-bond donors (Lipinski definition) is 1. The topological polar surface area (TPSA) is 21.3 Å². The van der Waals surface area contributed by atoms with Crippen molar-refractivity contribution >= 4 is 15.9 Å². The molecule has 2 aromatic carbocycles. The molecule has 0 bridgehead atoms. The molecule has 3 heteroatoms. The van der Waals surface area contributed by atoms with Crippen molar-refractivity contribution in [2.45, 2.75) is 25.8 Å². The second-order valence-electron chi connectivity index (χ2n) is 5.34. The van der Waals surface area contributed by atoms with Crippen molar-refractivity contribution in [3.63, 3.8) is 0 Å². The van der Waals surface area contributed by atoms with Crippen LogP contribution in [0.2, 0.25) is 0 Å². The van der Waals surface area contributed by atoms with Crippen molar-refractivity contribution in [2.75, 3.05) is 13.2 Å². The maximum atomic E-state index is 5.90. The van der Waals surface area contributed by atoms with Crippen LogP contribution in [0.4, 0.5) is 0 Å². The standard InChI is InChI=1S/C18H20BrNO/c1-2-11-20-17(14-7-3-4-9-16(14)19)15-8-5-6-13-10-12-21-18(13)15/h3-9,17,20H,2,10-12H2,1H3. The van der Waals surface area contributed by atoms with Crippen LogP contribution in [0.15, 0.2) is 46.9 Å². The molecule has 0 saturated heterocycles. The first-order chi connectivity index (χ1) is 10.3. The highest BCUT2D eigenvalue weighted by Crippen LogP contribution is 2.38. The fourth-order valence-electron chi connectivity index (χ4n) is 2.85. The molecular formula is C18H20BrNO. The highest BCUT2D eigenvalue weighted by atomic mass is 79.9. The smallest absolute Gasteiger partial charge is 0.127 e. The Kier molecular flexibility index (Phi) is 4.61. The molecule has 3 rings (SSSR count). The summed E-state index contributed by atoms with van der Waals surface area (Å²) >= 11 is 3.69. The molecule has 1 aliphatic heterocycles. The van der Waals surface area contributed by atoms with Crippen LogP contribution < -0.4 is 10.1 Å². The Balaban J connectivity index is 2.04. The molecule has 0 fully saturated rings. The van der Waals surface area contributed by atoms with Crippen LogP contribution in [0, 0.1) is 0 Å². The summed E-state index contributed by atoms with van der Waals surface area (Å²) in [4.78, 5) is 0. The summed E-state index contributed by atoms with van der Waals surface area (Å²) in [6.45, 7) is 3.97. The van der Waals surface area contributed by atoms with Crippen molar-refractivity contribution in [2.24, 2.45) is 0 Å². The van der Waals surface area contributed by atoms with Gasteiger partial charge in [-0.2, -0.15) is 0 Å². The number of rotatable bonds is 5. The monoisotopic (exact) mass is 345 g/mol. The van der Waals surface area contributed by atoms with E-state index in [-0.39, 0.29) is 6.04 Å². The normalized spacial score (nSPS) is 14.6. The van der Waals surface area contributed by atoms with Crippen LogP contribution in [0.1, 0.15) is 36.1 Å². The molecule has 1 atom stereocenters. The third-order valence-electron chi connectivity index (χ3n) is 3.87. The first kappa shape index (κ1) is 14.6. The zero-order valence-corrected chi connectivity index (χ0v) is 13.8. The first-order valence-electron chi connectivity index (χ1n) is 7.53. The highest BCUT2D eigenvalue weighted by Gasteiger charge is 2.24. The molecule has 1 N–H and O–H groups in total. The van der Waals surface area contributed by atoms with Gasteiger partial charge in [-0.15, -0.1) is 0 Å². The summed E-state index contributed by atoms with van der Waals surface area (Å²) in [7, 11) is 0. The number of fused-ring (bicyclic) bond motifs is 1. The Morgan fingerprint density at radius 1 is 1.14 bits per heavy atom. The molecule has 0 aliphatic carbocycles. The second kappa shape index (κ2) is 6.63. The van der Waals surface area contributed by atoms with E-state index in [0.717, 1.165) is 36.2 Å². The van der Waals surface area contributed by atoms with E-state index in [2.05, 4.69) is 70.6 Å². The Bertz CT molecular complexity index is 626. The molecule has 2 aromatic rings. The van der Waals surface area contributed by atoms with Gasteiger partial charge in [0.25, 0.3) is 0 Å². The molecule has 2 nitrogen and oxygen atoms in total. The third kappa shape index (κ3) is 2.99. The Hall–Kier alpha value is -1.32. The molecule has 1 unspecified atom stereocenters. The number of nitrogens with one attached hydrogen (secondary N) is 1.